The number of aromatic amines is 1. The first-order chi connectivity index (χ1) is 6.50. The average molecular weight is 215 g/mol. The lowest BCUT2D eigenvalue weighted by Gasteiger charge is -1.90. The maximum atomic E-state index is 3.49. The molecule has 1 rings (SSSR count). The highest BCUT2D eigenvalue weighted by Gasteiger charge is 1.80. The number of nitrogens with zero attached hydrogens (tertiary/aromatic N) is 2. The van der Waals surface area contributed by atoms with Crippen LogP contribution in [0.3, 0.4) is 0 Å². The van der Waals surface area contributed by atoms with Crippen molar-refractivity contribution < 1.29 is 0 Å². The van der Waals surface area contributed by atoms with Gasteiger partial charge in [0.05, 0.1) is 12.4 Å². The lowest BCUT2D eigenvalue weighted by atomic mass is 10.2. The molecule has 1 aromatic rings. The second-order valence-corrected chi connectivity index (χ2v) is 4.19. The minimum atomic E-state index is 0. The van der Waals surface area contributed by atoms with Crippen LogP contribution in [0.2, 0.25) is 0 Å². The summed E-state index contributed by atoms with van der Waals surface area (Å²) in [5.74, 6) is 1.72. The molecule has 0 saturated heterocycles. The molecule has 0 aliphatic carbocycles. The molecule has 0 saturated carbocycles. The van der Waals surface area contributed by atoms with E-state index in [1.807, 2.05) is 0 Å². The van der Waals surface area contributed by atoms with Crippen molar-refractivity contribution in [2.45, 2.75) is 55.4 Å². The molecule has 1 aromatic heterocycles. The van der Waals surface area contributed by atoms with Gasteiger partial charge in [-0.1, -0.05) is 55.4 Å². The molecular formula is C12H29N3. The predicted octanol–water partition coefficient (Wildman–Crippen LogP) is 4.16. The second kappa shape index (κ2) is 15.6. The molecule has 0 fully saturated rings. The highest BCUT2D eigenvalue weighted by Crippen LogP contribution is 1.93. The van der Waals surface area contributed by atoms with Crippen molar-refractivity contribution in [2.24, 2.45) is 11.8 Å². The molecule has 0 bridgehead atoms. The van der Waals surface area contributed by atoms with E-state index in [9.17, 15) is 0 Å². The molecule has 0 aliphatic heterocycles. The van der Waals surface area contributed by atoms with E-state index in [1.165, 1.54) is 6.42 Å². The summed E-state index contributed by atoms with van der Waals surface area (Å²) in [6, 6.07) is 0. The first-order valence-corrected chi connectivity index (χ1v) is 5.30. The van der Waals surface area contributed by atoms with Gasteiger partial charge in [0.25, 0.3) is 0 Å². The number of H-pyrrole nitrogens is 1. The van der Waals surface area contributed by atoms with E-state index in [2.05, 4.69) is 57.0 Å². The molecule has 1 heterocycles. The molecule has 0 radical (unpaired) electrons. The maximum Gasteiger partial charge on any atom is 0.0690 e. The second-order valence-electron chi connectivity index (χ2n) is 4.19. The van der Waals surface area contributed by atoms with Crippen LogP contribution in [-0.2, 0) is 0 Å². The van der Waals surface area contributed by atoms with Crippen molar-refractivity contribution in [3.8, 4) is 0 Å². The molecule has 3 heteroatoms. The smallest absolute Gasteiger partial charge is 0.0690 e. The minimum Gasteiger partial charge on any atom is -0.198 e. The van der Waals surface area contributed by atoms with E-state index in [0.29, 0.717) is 0 Å². The van der Waals surface area contributed by atoms with Gasteiger partial charge in [0.2, 0.25) is 0 Å². The van der Waals surface area contributed by atoms with Crippen LogP contribution in [0.25, 0.3) is 0 Å². The van der Waals surface area contributed by atoms with Gasteiger partial charge in [0, 0.05) is 0 Å². The fraction of sp³-hybridized carbons (Fsp3) is 0.833. The van der Waals surface area contributed by atoms with Crippen molar-refractivity contribution in [3.63, 3.8) is 0 Å². The molecular weight excluding hydrogens is 186 g/mol. The summed E-state index contributed by atoms with van der Waals surface area (Å²) in [6.07, 6.45) is 4.47. The van der Waals surface area contributed by atoms with Gasteiger partial charge in [-0.3, -0.25) is 0 Å². The van der Waals surface area contributed by atoms with Gasteiger partial charge in [-0.05, 0) is 11.8 Å². The highest BCUT2D eigenvalue weighted by molar-refractivity contribution is 4.54. The average Bonchev–Trinajstić information content (AvgIpc) is 2.59. The zero-order valence-corrected chi connectivity index (χ0v) is 10.4. The Labute approximate surface area is 95.7 Å². The molecule has 3 nitrogen and oxygen atoms in total. The fourth-order valence-corrected chi connectivity index (χ4v) is 0.167. The molecule has 92 valence electrons. The summed E-state index contributed by atoms with van der Waals surface area (Å²) in [6.45, 7) is 13.1. The van der Waals surface area contributed by atoms with Crippen LogP contribution in [0.4, 0.5) is 0 Å². The largest absolute Gasteiger partial charge is 0.198 e. The normalized spacial score (nSPS) is 8.27. The van der Waals surface area contributed by atoms with Crippen LogP contribution in [0.5, 0.6) is 0 Å². The lowest BCUT2D eigenvalue weighted by Crippen LogP contribution is -1.77. The van der Waals surface area contributed by atoms with Gasteiger partial charge < -0.3 is 0 Å². The Morgan fingerprint density at radius 3 is 1.33 bits per heavy atom. The molecule has 0 atom stereocenters. The van der Waals surface area contributed by atoms with Crippen LogP contribution in [0.15, 0.2) is 12.4 Å². The summed E-state index contributed by atoms with van der Waals surface area (Å²) in [5, 5.41) is 9.33. The monoisotopic (exact) mass is 215 g/mol. The van der Waals surface area contributed by atoms with Crippen molar-refractivity contribution in [3.05, 3.63) is 12.4 Å². The van der Waals surface area contributed by atoms with Crippen molar-refractivity contribution in [1.82, 2.24) is 15.4 Å². The standard InChI is InChI=1S/C5H12.C4H10.C2H3N3.CH4/c1-4-5(2)3;1-4(2)3;1-2-4-5-3-1;/h5H,4H2,1-3H3;4H,1-3H3;1-2H,(H,3,4,5);1H4. The minimum absolute atomic E-state index is 0. The summed E-state index contributed by atoms with van der Waals surface area (Å²) in [4.78, 5) is 0. The Bertz CT molecular complexity index is 137. The number of aromatic nitrogens is 3. The van der Waals surface area contributed by atoms with Crippen LogP contribution in [0.1, 0.15) is 55.4 Å². The van der Waals surface area contributed by atoms with Crippen molar-refractivity contribution in [1.29, 1.82) is 0 Å². The van der Waals surface area contributed by atoms with Crippen molar-refractivity contribution in [2.75, 3.05) is 0 Å². The topological polar surface area (TPSA) is 41.6 Å². The third-order valence-electron chi connectivity index (χ3n) is 1.15. The van der Waals surface area contributed by atoms with E-state index in [4.69, 9.17) is 0 Å². The summed E-state index contributed by atoms with van der Waals surface area (Å²) in [7, 11) is 0. The third-order valence-corrected chi connectivity index (χ3v) is 1.15. The quantitative estimate of drug-likeness (QED) is 0.764. The Hall–Kier alpha value is -0.860. The fourth-order valence-electron chi connectivity index (χ4n) is 0.167. The zero-order chi connectivity index (χ0) is 11.4. The molecule has 1 N–H and O–H groups in total. The Morgan fingerprint density at radius 2 is 1.27 bits per heavy atom. The summed E-state index contributed by atoms with van der Waals surface area (Å²) in [5.41, 5.74) is 0. The molecule has 0 unspecified atom stereocenters. The Balaban J connectivity index is -0.000000141. The van der Waals surface area contributed by atoms with Gasteiger partial charge in [-0.15, -0.1) is 0 Å². The molecule has 0 aliphatic rings. The predicted molar refractivity (Wildman–Crippen MR) is 68.8 cm³/mol. The van der Waals surface area contributed by atoms with Crippen LogP contribution in [-0.4, -0.2) is 15.4 Å². The first-order valence-electron chi connectivity index (χ1n) is 5.30. The van der Waals surface area contributed by atoms with Gasteiger partial charge >= 0.3 is 0 Å². The van der Waals surface area contributed by atoms with E-state index in [-0.39, 0.29) is 7.43 Å². The van der Waals surface area contributed by atoms with Gasteiger partial charge in [-0.2, -0.15) is 15.4 Å². The van der Waals surface area contributed by atoms with E-state index in [0.717, 1.165) is 11.8 Å². The number of hydrogen-bond acceptors (Lipinski definition) is 2. The van der Waals surface area contributed by atoms with E-state index >= 15 is 0 Å². The van der Waals surface area contributed by atoms with Crippen molar-refractivity contribution >= 4 is 0 Å². The summed E-state index contributed by atoms with van der Waals surface area (Å²) >= 11 is 0. The maximum absolute atomic E-state index is 3.49. The molecule has 0 amide bonds. The van der Waals surface area contributed by atoms with Gasteiger partial charge in [0.15, 0.2) is 0 Å². The molecule has 0 aromatic carbocycles. The number of nitrogens with one attached hydrogen (secondary N) is 1. The summed E-state index contributed by atoms with van der Waals surface area (Å²) < 4.78 is 0. The Kier molecular flexibility index (Phi) is 20.5. The number of hydrogen-bond donors (Lipinski definition) is 1. The van der Waals surface area contributed by atoms with E-state index < -0.39 is 0 Å². The Morgan fingerprint density at radius 1 is 1.00 bits per heavy atom. The van der Waals surface area contributed by atoms with Gasteiger partial charge in [-0.25, -0.2) is 0 Å². The zero-order valence-electron chi connectivity index (χ0n) is 10.4. The van der Waals surface area contributed by atoms with Crippen LogP contribution < -0.4 is 0 Å². The van der Waals surface area contributed by atoms with Crippen LogP contribution >= 0.6 is 0 Å². The molecule has 15 heavy (non-hydrogen) atoms. The number of rotatable bonds is 1. The highest BCUT2D eigenvalue weighted by atomic mass is 15.3. The lowest BCUT2D eigenvalue weighted by molar-refractivity contribution is 0.626. The molecule has 0 spiro atoms. The van der Waals surface area contributed by atoms with E-state index in [1.54, 1.807) is 12.4 Å². The third kappa shape index (κ3) is 43.3. The van der Waals surface area contributed by atoms with Gasteiger partial charge in [0.1, 0.15) is 0 Å². The first kappa shape index (κ1) is 19.7. The SMILES string of the molecule is C.CC(C)C.CCC(C)C.c1cn[nH]n1. The van der Waals surface area contributed by atoms with Crippen LogP contribution in [0, 0.1) is 11.8 Å².